The molecule has 2 aromatic rings. The Hall–Kier alpha value is -2.27. The van der Waals surface area contributed by atoms with Gasteiger partial charge in [0.05, 0.1) is 18.2 Å². The maximum atomic E-state index is 12.8. The number of nitrogens with one attached hydrogen (secondary N) is 1. The normalized spacial score (nSPS) is 20.8. The van der Waals surface area contributed by atoms with Crippen molar-refractivity contribution in [2.45, 2.75) is 26.9 Å². The second-order valence-electron chi connectivity index (χ2n) is 7.11. The lowest BCUT2D eigenvalue weighted by Gasteiger charge is -2.21. The van der Waals surface area contributed by atoms with Gasteiger partial charge in [-0.2, -0.15) is 0 Å². The molecule has 2 heterocycles. The van der Waals surface area contributed by atoms with Crippen LogP contribution in [0.5, 0.6) is 0 Å². The Kier molecular flexibility index (Phi) is 5.76. The number of aromatic nitrogens is 2. The molecule has 1 aliphatic heterocycles. The fourth-order valence-electron chi connectivity index (χ4n) is 3.57. The van der Waals surface area contributed by atoms with Crippen LogP contribution in [0.3, 0.4) is 0 Å². The predicted molar refractivity (Wildman–Crippen MR) is 97.4 cm³/mol. The largest absolute Gasteiger partial charge is 0.350 e. The quantitative estimate of drug-likeness (QED) is 0.879. The highest BCUT2D eigenvalue weighted by molar-refractivity contribution is 5.79. The summed E-state index contributed by atoms with van der Waals surface area (Å²) in [5, 5.41) is 3.05. The van der Waals surface area contributed by atoms with Crippen molar-refractivity contribution in [2.75, 3.05) is 13.1 Å². The third kappa shape index (κ3) is 4.63. The molecular formula is C20H26N4O. The number of carbonyl (C=O) groups excluding carboxylic acids is 1. The molecule has 0 aliphatic carbocycles. The van der Waals surface area contributed by atoms with Gasteiger partial charge in [0.15, 0.2) is 0 Å². The molecule has 1 aromatic carbocycles. The molecule has 5 heteroatoms. The van der Waals surface area contributed by atoms with Crippen LogP contribution >= 0.6 is 0 Å². The van der Waals surface area contributed by atoms with Gasteiger partial charge in [-0.15, -0.1) is 0 Å². The van der Waals surface area contributed by atoms with Crippen LogP contribution in [0.4, 0.5) is 0 Å². The van der Waals surface area contributed by atoms with E-state index in [9.17, 15) is 4.79 Å². The average Bonchev–Trinajstić information content (AvgIpc) is 3.06. The van der Waals surface area contributed by atoms with Gasteiger partial charge in [-0.3, -0.25) is 9.69 Å². The van der Waals surface area contributed by atoms with Gasteiger partial charge in [-0.25, -0.2) is 9.97 Å². The molecule has 0 saturated carbocycles. The molecule has 5 nitrogen and oxygen atoms in total. The summed E-state index contributed by atoms with van der Waals surface area (Å²) in [6, 6.07) is 12.3. The number of hydrogen-bond acceptors (Lipinski definition) is 4. The molecule has 0 radical (unpaired) electrons. The summed E-state index contributed by atoms with van der Waals surface area (Å²) in [5.74, 6) is 1.03. The Labute approximate surface area is 149 Å². The highest BCUT2D eigenvalue weighted by Gasteiger charge is 2.38. The lowest BCUT2D eigenvalue weighted by molar-refractivity contribution is -0.126. The number of likely N-dealkylation sites (tertiary alicyclic amines) is 1. The fraction of sp³-hybridized carbons (Fsp3) is 0.450. The Morgan fingerprint density at radius 1 is 1.24 bits per heavy atom. The van der Waals surface area contributed by atoms with E-state index in [1.807, 2.05) is 12.1 Å². The van der Waals surface area contributed by atoms with E-state index in [2.05, 4.69) is 58.3 Å². The number of benzene rings is 1. The smallest absolute Gasteiger partial charge is 0.225 e. The summed E-state index contributed by atoms with van der Waals surface area (Å²) in [5.41, 5.74) is 2.13. The van der Waals surface area contributed by atoms with E-state index in [0.29, 0.717) is 18.4 Å². The number of rotatable bonds is 6. The average molecular weight is 338 g/mol. The van der Waals surface area contributed by atoms with Crippen molar-refractivity contribution in [1.29, 1.82) is 0 Å². The SMILES string of the molecule is CC(C)C1CN(Cc2ccccc2)CC1C(=O)NCc1ccncn1. The van der Waals surface area contributed by atoms with Crippen LogP contribution in [-0.4, -0.2) is 33.9 Å². The molecule has 0 spiro atoms. The third-order valence-corrected chi connectivity index (χ3v) is 4.97. The molecule has 2 atom stereocenters. The minimum absolute atomic E-state index is 0.0329. The molecule has 3 rings (SSSR count). The standard InChI is InChI=1S/C20H26N4O/c1-15(2)18-12-24(11-16-6-4-3-5-7-16)13-19(18)20(25)22-10-17-8-9-21-14-23-17/h3-9,14-15,18-19H,10-13H2,1-2H3,(H,22,25). The Balaban J connectivity index is 1.61. The van der Waals surface area contributed by atoms with Crippen LogP contribution in [0.25, 0.3) is 0 Å². The van der Waals surface area contributed by atoms with Crippen molar-refractivity contribution in [2.24, 2.45) is 17.8 Å². The number of carbonyl (C=O) groups is 1. The van der Waals surface area contributed by atoms with Gasteiger partial charge in [0.25, 0.3) is 0 Å². The number of nitrogens with zero attached hydrogens (tertiary/aromatic N) is 3. The molecule has 2 unspecified atom stereocenters. The highest BCUT2D eigenvalue weighted by atomic mass is 16.1. The lowest BCUT2D eigenvalue weighted by atomic mass is 9.85. The van der Waals surface area contributed by atoms with Crippen LogP contribution in [0.1, 0.15) is 25.1 Å². The van der Waals surface area contributed by atoms with Gasteiger partial charge in [-0.1, -0.05) is 44.2 Å². The Morgan fingerprint density at radius 2 is 2.04 bits per heavy atom. The lowest BCUT2D eigenvalue weighted by Crippen LogP contribution is -2.36. The maximum Gasteiger partial charge on any atom is 0.225 e. The molecule has 1 saturated heterocycles. The molecule has 1 aromatic heterocycles. The number of amides is 1. The summed E-state index contributed by atoms with van der Waals surface area (Å²) in [7, 11) is 0. The first-order valence-corrected chi connectivity index (χ1v) is 8.92. The van der Waals surface area contributed by atoms with Crippen molar-refractivity contribution in [1.82, 2.24) is 20.2 Å². The van der Waals surface area contributed by atoms with E-state index >= 15 is 0 Å². The molecule has 0 bridgehead atoms. The predicted octanol–water partition coefficient (Wildman–Crippen LogP) is 2.50. The summed E-state index contributed by atoms with van der Waals surface area (Å²) < 4.78 is 0. The Bertz CT molecular complexity index is 675. The van der Waals surface area contributed by atoms with E-state index in [4.69, 9.17) is 0 Å². The van der Waals surface area contributed by atoms with E-state index < -0.39 is 0 Å². The van der Waals surface area contributed by atoms with Crippen LogP contribution < -0.4 is 5.32 Å². The van der Waals surface area contributed by atoms with Gasteiger partial charge in [0, 0.05) is 25.8 Å². The zero-order valence-corrected chi connectivity index (χ0v) is 14.9. The van der Waals surface area contributed by atoms with E-state index in [-0.39, 0.29) is 11.8 Å². The molecule has 25 heavy (non-hydrogen) atoms. The van der Waals surface area contributed by atoms with Gasteiger partial charge < -0.3 is 5.32 Å². The summed E-state index contributed by atoms with van der Waals surface area (Å²) in [6.45, 7) is 7.56. The molecule has 1 amide bonds. The van der Waals surface area contributed by atoms with Gasteiger partial charge >= 0.3 is 0 Å². The van der Waals surface area contributed by atoms with Crippen LogP contribution in [0.15, 0.2) is 48.9 Å². The fourth-order valence-corrected chi connectivity index (χ4v) is 3.57. The summed E-state index contributed by atoms with van der Waals surface area (Å²) in [6.07, 6.45) is 3.21. The summed E-state index contributed by atoms with van der Waals surface area (Å²) in [4.78, 5) is 23.2. The second kappa shape index (κ2) is 8.21. The summed E-state index contributed by atoms with van der Waals surface area (Å²) >= 11 is 0. The molecule has 1 fully saturated rings. The van der Waals surface area contributed by atoms with E-state index in [0.717, 1.165) is 25.3 Å². The van der Waals surface area contributed by atoms with Crippen molar-refractivity contribution < 1.29 is 4.79 Å². The van der Waals surface area contributed by atoms with Crippen molar-refractivity contribution in [3.63, 3.8) is 0 Å². The monoisotopic (exact) mass is 338 g/mol. The first-order valence-electron chi connectivity index (χ1n) is 8.92. The first-order chi connectivity index (χ1) is 12.1. The second-order valence-corrected chi connectivity index (χ2v) is 7.11. The highest BCUT2D eigenvalue weighted by Crippen LogP contribution is 2.31. The van der Waals surface area contributed by atoms with Gasteiger partial charge in [-0.05, 0) is 23.5 Å². The molecule has 1 aliphatic rings. The zero-order valence-electron chi connectivity index (χ0n) is 14.9. The topological polar surface area (TPSA) is 58.1 Å². The Morgan fingerprint density at radius 3 is 2.72 bits per heavy atom. The van der Waals surface area contributed by atoms with Crippen molar-refractivity contribution >= 4 is 5.91 Å². The van der Waals surface area contributed by atoms with Gasteiger partial charge in [0.1, 0.15) is 6.33 Å². The van der Waals surface area contributed by atoms with Crippen molar-refractivity contribution in [3.05, 3.63) is 60.2 Å². The minimum atomic E-state index is 0.0329. The minimum Gasteiger partial charge on any atom is -0.350 e. The van der Waals surface area contributed by atoms with Crippen LogP contribution in [0, 0.1) is 17.8 Å². The third-order valence-electron chi connectivity index (χ3n) is 4.97. The van der Waals surface area contributed by atoms with E-state index in [1.165, 1.54) is 11.9 Å². The molecule has 132 valence electrons. The number of hydrogen-bond donors (Lipinski definition) is 1. The van der Waals surface area contributed by atoms with Crippen LogP contribution in [0.2, 0.25) is 0 Å². The maximum absolute atomic E-state index is 12.8. The van der Waals surface area contributed by atoms with Gasteiger partial charge in [0.2, 0.25) is 5.91 Å². The molecule has 1 N–H and O–H groups in total. The zero-order chi connectivity index (χ0) is 17.6. The first kappa shape index (κ1) is 17.5. The van der Waals surface area contributed by atoms with E-state index in [1.54, 1.807) is 6.20 Å². The van der Waals surface area contributed by atoms with Crippen LogP contribution in [-0.2, 0) is 17.9 Å². The van der Waals surface area contributed by atoms with Crippen molar-refractivity contribution in [3.8, 4) is 0 Å². The molecular weight excluding hydrogens is 312 g/mol.